The lowest BCUT2D eigenvalue weighted by Gasteiger charge is -2.14. The maximum Gasteiger partial charge on any atom is 0.230 e. The Bertz CT molecular complexity index is 378. The van der Waals surface area contributed by atoms with Gasteiger partial charge in [0, 0.05) is 10.9 Å². The van der Waals surface area contributed by atoms with E-state index in [1.165, 1.54) is 17.3 Å². The number of nitrogens with one attached hydrogen (secondary N) is 1. The van der Waals surface area contributed by atoms with Crippen molar-refractivity contribution < 1.29 is 4.79 Å². The third-order valence-electron chi connectivity index (χ3n) is 2.79. The molecular formula is C14H22N2OS. The average molecular weight is 266 g/mol. The number of primary amides is 1. The number of carbonyl (C=O) groups excluding carboxylic acids is 1. The van der Waals surface area contributed by atoms with Crippen LogP contribution < -0.4 is 11.1 Å². The molecule has 0 aliphatic heterocycles. The van der Waals surface area contributed by atoms with Crippen LogP contribution >= 0.6 is 11.8 Å². The van der Waals surface area contributed by atoms with Crippen LogP contribution in [0.15, 0.2) is 29.2 Å². The van der Waals surface area contributed by atoms with E-state index in [4.69, 9.17) is 5.73 Å². The van der Waals surface area contributed by atoms with E-state index in [9.17, 15) is 4.79 Å². The molecule has 18 heavy (non-hydrogen) atoms. The molecule has 0 aliphatic carbocycles. The van der Waals surface area contributed by atoms with Crippen LogP contribution in [0.1, 0.15) is 38.8 Å². The predicted octanol–water partition coefficient (Wildman–Crippen LogP) is 2.71. The number of benzene rings is 1. The van der Waals surface area contributed by atoms with Crippen LogP contribution in [0.2, 0.25) is 0 Å². The lowest BCUT2D eigenvalue weighted by Crippen LogP contribution is -2.22. The molecule has 0 heterocycles. The minimum atomic E-state index is -0.276. The van der Waals surface area contributed by atoms with Crippen molar-refractivity contribution >= 4 is 17.7 Å². The van der Waals surface area contributed by atoms with Crippen LogP contribution in [0.4, 0.5) is 0 Å². The highest BCUT2D eigenvalue weighted by molar-refractivity contribution is 8.00. The summed E-state index contributed by atoms with van der Waals surface area (Å²) in [6, 6.07) is 8.65. The molecule has 1 amide bonds. The molecule has 0 radical (unpaired) electrons. The second-order valence-corrected chi connectivity index (χ2v) is 5.82. The van der Waals surface area contributed by atoms with E-state index >= 15 is 0 Å². The van der Waals surface area contributed by atoms with Crippen molar-refractivity contribution in [2.24, 2.45) is 5.73 Å². The Morgan fingerprint density at radius 3 is 2.44 bits per heavy atom. The van der Waals surface area contributed by atoms with Gasteiger partial charge in [0.05, 0.1) is 5.25 Å². The maximum atomic E-state index is 11.0. The molecule has 2 atom stereocenters. The number of thioether (sulfide) groups is 1. The van der Waals surface area contributed by atoms with E-state index in [0.717, 1.165) is 17.9 Å². The maximum absolute atomic E-state index is 11.0. The molecular weight excluding hydrogens is 244 g/mol. The predicted molar refractivity (Wildman–Crippen MR) is 77.7 cm³/mol. The van der Waals surface area contributed by atoms with Crippen molar-refractivity contribution in [3.63, 3.8) is 0 Å². The molecule has 100 valence electrons. The number of nitrogens with two attached hydrogens (primary N) is 1. The summed E-state index contributed by atoms with van der Waals surface area (Å²) < 4.78 is 0. The fourth-order valence-corrected chi connectivity index (χ4v) is 2.39. The first-order valence-electron chi connectivity index (χ1n) is 6.34. The van der Waals surface area contributed by atoms with Crippen LogP contribution in [-0.4, -0.2) is 17.7 Å². The third kappa shape index (κ3) is 4.70. The van der Waals surface area contributed by atoms with Crippen LogP contribution in [-0.2, 0) is 4.79 Å². The third-order valence-corrected chi connectivity index (χ3v) is 3.92. The molecule has 2 unspecified atom stereocenters. The number of hydrogen-bond acceptors (Lipinski definition) is 3. The van der Waals surface area contributed by atoms with Crippen LogP contribution in [0.3, 0.4) is 0 Å². The molecule has 0 spiro atoms. The Labute approximate surface area is 114 Å². The molecule has 1 aromatic rings. The normalized spacial score (nSPS) is 14.2. The van der Waals surface area contributed by atoms with Crippen LogP contribution in [0.25, 0.3) is 0 Å². The lowest BCUT2D eigenvalue weighted by molar-refractivity contribution is -0.117. The summed E-state index contributed by atoms with van der Waals surface area (Å²) in [5.41, 5.74) is 6.51. The summed E-state index contributed by atoms with van der Waals surface area (Å²) >= 11 is 1.50. The van der Waals surface area contributed by atoms with E-state index in [1.807, 2.05) is 19.1 Å². The Hall–Kier alpha value is -1.00. The average Bonchev–Trinajstić information content (AvgIpc) is 2.36. The van der Waals surface area contributed by atoms with Gasteiger partial charge in [0.2, 0.25) is 5.91 Å². The summed E-state index contributed by atoms with van der Waals surface area (Å²) in [5, 5.41) is 3.26. The van der Waals surface area contributed by atoms with E-state index < -0.39 is 0 Å². The minimum Gasteiger partial charge on any atom is -0.369 e. The first kappa shape index (κ1) is 15.1. The van der Waals surface area contributed by atoms with Crippen molar-refractivity contribution in [1.29, 1.82) is 0 Å². The number of carbonyl (C=O) groups is 1. The van der Waals surface area contributed by atoms with E-state index in [-0.39, 0.29) is 11.2 Å². The molecule has 0 aliphatic rings. The largest absolute Gasteiger partial charge is 0.369 e. The molecule has 0 saturated carbocycles. The van der Waals surface area contributed by atoms with Gasteiger partial charge >= 0.3 is 0 Å². The Morgan fingerprint density at radius 2 is 1.94 bits per heavy atom. The quantitative estimate of drug-likeness (QED) is 0.746. The molecule has 0 bridgehead atoms. The highest BCUT2D eigenvalue weighted by atomic mass is 32.2. The van der Waals surface area contributed by atoms with E-state index in [0.29, 0.717) is 6.04 Å². The summed E-state index contributed by atoms with van der Waals surface area (Å²) in [4.78, 5) is 12.1. The SMILES string of the molecule is CCCNC(C)c1ccc(SC(C)C(N)=O)cc1. The Balaban J connectivity index is 2.59. The summed E-state index contributed by atoms with van der Waals surface area (Å²) in [6.07, 6.45) is 1.13. The Morgan fingerprint density at radius 1 is 1.33 bits per heavy atom. The first-order valence-corrected chi connectivity index (χ1v) is 7.22. The number of hydrogen-bond donors (Lipinski definition) is 2. The fourth-order valence-electron chi connectivity index (χ4n) is 1.58. The fraction of sp³-hybridized carbons (Fsp3) is 0.500. The molecule has 3 N–H and O–H groups in total. The van der Waals surface area contributed by atoms with Gasteiger partial charge < -0.3 is 11.1 Å². The van der Waals surface area contributed by atoms with Crippen molar-refractivity contribution in [1.82, 2.24) is 5.32 Å². The van der Waals surface area contributed by atoms with Gasteiger partial charge in [-0.15, -0.1) is 11.8 Å². The van der Waals surface area contributed by atoms with Crippen molar-refractivity contribution in [2.45, 2.75) is 43.4 Å². The van der Waals surface area contributed by atoms with E-state index in [1.54, 1.807) is 0 Å². The topological polar surface area (TPSA) is 55.1 Å². The molecule has 0 fully saturated rings. The lowest BCUT2D eigenvalue weighted by atomic mass is 10.1. The number of rotatable bonds is 7. The zero-order valence-electron chi connectivity index (χ0n) is 11.3. The first-order chi connectivity index (χ1) is 8.54. The molecule has 0 aromatic heterocycles. The van der Waals surface area contributed by atoms with Gasteiger partial charge in [-0.25, -0.2) is 0 Å². The molecule has 0 saturated heterocycles. The highest BCUT2D eigenvalue weighted by Crippen LogP contribution is 2.24. The standard InChI is InChI=1S/C14H22N2OS/c1-4-9-16-10(2)12-5-7-13(8-6-12)18-11(3)14(15)17/h5-8,10-11,16H,4,9H2,1-3H3,(H2,15,17). The summed E-state index contributed by atoms with van der Waals surface area (Å²) in [7, 11) is 0. The van der Waals surface area contributed by atoms with Crippen molar-refractivity contribution in [3.8, 4) is 0 Å². The second-order valence-electron chi connectivity index (χ2n) is 4.41. The van der Waals surface area contributed by atoms with Crippen molar-refractivity contribution in [3.05, 3.63) is 29.8 Å². The van der Waals surface area contributed by atoms with Crippen LogP contribution in [0, 0.1) is 0 Å². The molecule has 1 aromatic carbocycles. The van der Waals surface area contributed by atoms with Gasteiger partial charge in [-0.05, 0) is 44.5 Å². The molecule has 4 heteroatoms. The van der Waals surface area contributed by atoms with Gasteiger partial charge in [-0.3, -0.25) is 4.79 Å². The van der Waals surface area contributed by atoms with Crippen molar-refractivity contribution in [2.75, 3.05) is 6.54 Å². The highest BCUT2D eigenvalue weighted by Gasteiger charge is 2.10. The molecule has 3 nitrogen and oxygen atoms in total. The molecule has 1 rings (SSSR count). The van der Waals surface area contributed by atoms with Gasteiger partial charge in [0.25, 0.3) is 0 Å². The minimum absolute atomic E-state index is 0.188. The van der Waals surface area contributed by atoms with Gasteiger partial charge in [0.15, 0.2) is 0 Å². The number of amides is 1. The van der Waals surface area contributed by atoms with Gasteiger partial charge in [-0.1, -0.05) is 19.1 Å². The summed E-state index contributed by atoms with van der Waals surface area (Å²) in [5.74, 6) is -0.276. The second kappa shape index (κ2) is 7.44. The Kier molecular flexibility index (Phi) is 6.22. The van der Waals surface area contributed by atoms with Crippen LogP contribution in [0.5, 0.6) is 0 Å². The zero-order valence-corrected chi connectivity index (χ0v) is 12.1. The van der Waals surface area contributed by atoms with Gasteiger partial charge in [0.1, 0.15) is 0 Å². The van der Waals surface area contributed by atoms with Gasteiger partial charge in [-0.2, -0.15) is 0 Å². The smallest absolute Gasteiger partial charge is 0.230 e. The zero-order chi connectivity index (χ0) is 13.5. The monoisotopic (exact) mass is 266 g/mol. The summed E-state index contributed by atoms with van der Waals surface area (Å²) in [6.45, 7) is 7.16. The van der Waals surface area contributed by atoms with E-state index in [2.05, 4.69) is 31.3 Å².